The van der Waals surface area contributed by atoms with E-state index in [-0.39, 0.29) is 18.0 Å². The van der Waals surface area contributed by atoms with E-state index in [0.717, 1.165) is 4.68 Å². The van der Waals surface area contributed by atoms with Gasteiger partial charge in [-0.1, -0.05) is 5.21 Å². The second kappa shape index (κ2) is 6.52. The van der Waals surface area contributed by atoms with E-state index in [2.05, 4.69) is 46.9 Å². The third-order valence-corrected chi connectivity index (χ3v) is 6.40. The van der Waals surface area contributed by atoms with Gasteiger partial charge in [0.1, 0.15) is 11.4 Å². The maximum atomic E-state index is 12.1. The zero-order chi connectivity index (χ0) is 15.6. The summed E-state index contributed by atoms with van der Waals surface area (Å²) in [6.07, 6.45) is 1.37. The van der Waals surface area contributed by atoms with E-state index in [1.807, 2.05) is 0 Å². The van der Waals surface area contributed by atoms with Crippen molar-refractivity contribution in [3.05, 3.63) is 25.5 Å². The zero-order valence-electron chi connectivity index (χ0n) is 10.2. The van der Waals surface area contributed by atoms with Crippen molar-refractivity contribution in [3.8, 4) is 0 Å². The first-order valence-electron chi connectivity index (χ1n) is 5.33. The third kappa shape index (κ3) is 4.32. The molecule has 2 heterocycles. The Morgan fingerprint density at radius 2 is 2.19 bits per heavy atom. The summed E-state index contributed by atoms with van der Waals surface area (Å²) >= 11 is 7.64. The first kappa shape index (κ1) is 16.5. The summed E-state index contributed by atoms with van der Waals surface area (Å²) in [4.78, 5) is 10.6. The molecule has 2 N–H and O–H groups in total. The van der Waals surface area contributed by atoms with Crippen LogP contribution in [0.2, 0.25) is 0 Å². The van der Waals surface area contributed by atoms with Crippen LogP contribution in [0.5, 0.6) is 0 Å². The fourth-order valence-corrected chi connectivity index (χ4v) is 6.20. The van der Waals surface area contributed by atoms with Gasteiger partial charge in [-0.05, 0) is 37.9 Å². The molecule has 0 saturated carbocycles. The normalized spacial score (nSPS) is 11.7. The number of nitrogens with one attached hydrogen (secondary N) is 1. The van der Waals surface area contributed by atoms with Crippen LogP contribution in [0.1, 0.15) is 5.69 Å². The summed E-state index contributed by atoms with van der Waals surface area (Å²) in [5, 5.41) is 15.9. The molecule has 0 radical (unpaired) electrons. The van der Waals surface area contributed by atoms with Gasteiger partial charge in [0, 0.05) is 0 Å². The third-order valence-electron chi connectivity index (χ3n) is 2.24. The van der Waals surface area contributed by atoms with Crippen molar-refractivity contribution in [1.29, 1.82) is 0 Å². The van der Waals surface area contributed by atoms with Gasteiger partial charge in [-0.25, -0.2) is 17.8 Å². The highest BCUT2D eigenvalue weighted by molar-refractivity contribution is 9.12. The van der Waals surface area contributed by atoms with Gasteiger partial charge in [0.05, 0.1) is 26.0 Å². The molecule has 0 aliphatic carbocycles. The molecule has 0 saturated heterocycles. The van der Waals surface area contributed by atoms with Crippen molar-refractivity contribution in [3.63, 3.8) is 0 Å². The Bertz CT molecular complexity index is 771. The second-order valence-corrected chi connectivity index (χ2v) is 9.30. The number of halogens is 2. The number of aliphatic carboxylic acids is 1. The lowest BCUT2D eigenvalue weighted by Gasteiger charge is -2.03. The van der Waals surface area contributed by atoms with Crippen molar-refractivity contribution < 1.29 is 18.3 Å². The van der Waals surface area contributed by atoms with E-state index in [1.165, 1.54) is 23.6 Å². The zero-order valence-corrected chi connectivity index (χ0v) is 15.0. The predicted molar refractivity (Wildman–Crippen MR) is 81.4 cm³/mol. The lowest BCUT2D eigenvalue weighted by atomic mass is 10.5. The van der Waals surface area contributed by atoms with Crippen molar-refractivity contribution in [2.24, 2.45) is 0 Å². The smallest absolute Gasteiger partial charge is 0.325 e. The molecule has 21 heavy (non-hydrogen) atoms. The van der Waals surface area contributed by atoms with Crippen molar-refractivity contribution in [2.45, 2.75) is 18.0 Å². The molecule has 2 aromatic rings. The standard InChI is InChI=1S/C9H8Br2N4O4S2/c10-7-1-6(9(11)20-7)21(18,19)12-2-5-3-15(14-13-5)4-8(16)17/h1,3,12H,2,4H2,(H,16,17). The maximum absolute atomic E-state index is 12.1. The van der Waals surface area contributed by atoms with Crippen molar-refractivity contribution >= 4 is 59.2 Å². The fraction of sp³-hybridized carbons (Fsp3) is 0.222. The molecule has 2 rings (SSSR count). The monoisotopic (exact) mass is 458 g/mol. The number of carbonyl (C=O) groups is 1. The average molecular weight is 460 g/mol. The first-order valence-corrected chi connectivity index (χ1v) is 9.22. The van der Waals surface area contributed by atoms with Crippen LogP contribution in [0.4, 0.5) is 0 Å². The van der Waals surface area contributed by atoms with Gasteiger partial charge in [0.25, 0.3) is 0 Å². The van der Waals surface area contributed by atoms with E-state index in [1.54, 1.807) is 0 Å². The topological polar surface area (TPSA) is 114 Å². The van der Waals surface area contributed by atoms with Crippen LogP contribution >= 0.6 is 43.2 Å². The summed E-state index contributed by atoms with van der Waals surface area (Å²) in [5.74, 6) is -1.06. The van der Waals surface area contributed by atoms with E-state index in [0.29, 0.717) is 13.3 Å². The molecule has 0 spiro atoms. The Labute approximate surface area is 140 Å². The number of thiophene rings is 1. The number of carboxylic acid groups (broad SMARTS) is 1. The minimum absolute atomic E-state index is 0.0815. The fourth-order valence-electron chi connectivity index (χ4n) is 1.39. The highest BCUT2D eigenvalue weighted by atomic mass is 79.9. The molecule has 0 aromatic carbocycles. The molecule has 8 nitrogen and oxygen atoms in total. The van der Waals surface area contributed by atoms with Gasteiger partial charge in [-0.2, -0.15) is 0 Å². The molecule has 0 aliphatic heterocycles. The summed E-state index contributed by atoms with van der Waals surface area (Å²) in [5.41, 5.74) is 0.324. The summed E-state index contributed by atoms with van der Waals surface area (Å²) in [6, 6.07) is 1.48. The lowest BCUT2D eigenvalue weighted by Crippen LogP contribution is -2.23. The largest absolute Gasteiger partial charge is 0.480 e. The van der Waals surface area contributed by atoms with Gasteiger partial charge >= 0.3 is 5.97 Å². The predicted octanol–water partition coefficient (Wildman–Crippen LogP) is 1.43. The summed E-state index contributed by atoms with van der Waals surface area (Å²) in [6.45, 7) is -0.412. The van der Waals surface area contributed by atoms with Gasteiger partial charge in [-0.3, -0.25) is 4.79 Å². The molecular formula is C9H8Br2N4O4S2. The van der Waals surface area contributed by atoms with Crippen LogP contribution in [0, 0.1) is 0 Å². The van der Waals surface area contributed by atoms with Crippen LogP contribution in [-0.2, 0) is 27.9 Å². The number of nitrogens with zero attached hydrogens (tertiary/aromatic N) is 3. The molecule has 0 fully saturated rings. The van der Waals surface area contributed by atoms with Gasteiger partial charge in [0.15, 0.2) is 0 Å². The highest BCUT2D eigenvalue weighted by Gasteiger charge is 2.20. The van der Waals surface area contributed by atoms with Gasteiger partial charge < -0.3 is 5.11 Å². The van der Waals surface area contributed by atoms with Crippen LogP contribution in [0.3, 0.4) is 0 Å². The number of carboxylic acids is 1. The molecule has 114 valence electrons. The number of rotatable bonds is 6. The Morgan fingerprint density at radius 1 is 1.48 bits per heavy atom. The molecule has 0 unspecified atom stereocenters. The quantitative estimate of drug-likeness (QED) is 0.675. The highest BCUT2D eigenvalue weighted by Crippen LogP contribution is 2.34. The summed E-state index contributed by atoms with van der Waals surface area (Å²) in [7, 11) is -3.69. The molecule has 0 aliphatic rings. The molecule has 2 aromatic heterocycles. The maximum Gasteiger partial charge on any atom is 0.325 e. The van der Waals surface area contributed by atoms with Crippen LogP contribution < -0.4 is 4.72 Å². The molecule has 0 bridgehead atoms. The number of sulfonamides is 1. The van der Waals surface area contributed by atoms with Crippen LogP contribution in [0.25, 0.3) is 0 Å². The van der Waals surface area contributed by atoms with E-state index in [4.69, 9.17) is 5.11 Å². The average Bonchev–Trinajstić information content (AvgIpc) is 2.93. The minimum atomic E-state index is -3.69. The number of aromatic nitrogens is 3. The second-order valence-electron chi connectivity index (χ2n) is 3.81. The van der Waals surface area contributed by atoms with Crippen molar-refractivity contribution in [2.75, 3.05) is 0 Å². The Hall–Kier alpha value is -0.820. The van der Waals surface area contributed by atoms with E-state index >= 15 is 0 Å². The van der Waals surface area contributed by atoms with Crippen LogP contribution in [0.15, 0.2) is 24.7 Å². The minimum Gasteiger partial charge on any atom is -0.480 e. The Balaban J connectivity index is 2.07. The molecule has 0 amide bonds. The van der Waals surface area contributed by atoms with Crippen molar-refractivity contribution in [1.82, 2.24) is 19.7 Å². The molecular weight excluding hydrogens is 452 g/mol. The SMILES string of the molecule is O=C(O)Cn1cc(CNS(=O)(=O)c2cc(Br)sc2Br)nn1. The van der Waals surface area contributed by atoms with E-state index in [9.17, 15) is 13.2 Å². The summed E-state index contributed by atoms with van der Waals surface area (Å²) < 4.78 is 28.9. The van der Waals surface area contributed by atoms with Gasteiger partial charge in [0.2, 0.25) is 10.0 Å². The Morgan fingerprint density at radius 3 is 2.76 bits per heavy atom. The van der Waals surface area contributed by atoms with Crippen LogP contribution in [-0.4, -0.2) is 34.5 Å². The molecule has 12 heteroatoms. The number of hydrogen-bond donors (Lipinski definition) is 2. The number of hydrogen-bond acceptors (Lipinski definition) is 6. The first-order chi connectivity index (χ1) is 9.78. The van der Waals surface area contributed by atoms with E-state index < -0.39 is 16.0 Å². The Kier molecular flexibility index (Phi) is 5.14. The molecule has 0 atom stereocenters. The lowest BCUT2D eigenvalue weighted by molar-refractivity contribution is -0.137. The van der Waals surface area contributed by atoms with Gasteiger partial charge in [-0.15, -0.1) is 16.4 Å².